The van der Waals surface area contributed by atoms with Crippen molar-refractivity contribution >= 4 is 11.6 Å². The van der Waals surface area contributed by atoms with Crippen LogP contribution in [0.2, 0.25) is 0 Å². The number of ether oxygens (including phenoxy) is 1. The maximum absolute atomic E-state index is 11.8. The fraction of sp³-hybridized carbons (Fsp3) is 0.429. The highest BCUT2D eigenvalue weighted by Gasteiger charge is 2.22. The van der Waals surface area contributed by atoms with Gasteiger partial charge in [0.05, 0.1) is 7.11 Å². The van der Waals surface area contributed by atoms with Crippen LogP contribution < -0.4 is 20.5 Å². The van der Waals surface area contributed by atoms with Gasteiger partial charge in [-0.25, -0.2) is 15.0 Å². The normalized spacial score (nSPS) is 15.6. The topological polar surface area (TPSA) is 96.0 Å². The number of aromatic nitrogens is 4. The molecule has 0 unspecified atom stereocenters. The lowest BCUT2D eigenvalue weighted by Crippen LogP contribution is -2.41. The zero-order valence-corrected chi connectivity index (χ0v) is 12.3. The Morgan fingerprint density at radius 1 is 1.32 bits per heavy atom. The molecule has 8 heteroatoms. The summed E-state index contributed by atoms with van der Waals surface area (Å²) < 4.78 is 5.09. The summed E-state index contributed by atoms with van der Waals surface area (Å²) in [4.78, 5) is 28.8. The molecular formula is C14H18N6O2. The Morgan fingerprint density at radius 2 is 2.14 bits per heavy atom. The number of H-pyrrole nitrogens is 1. The number of nitrogens with zero attached hydrogens (tertiary/aromatic N) is 4. The maximum Gasteiger partial charge on any atom is 0.290 e. The molecule has 2 N–H and O–H groups in total. The van der Waals surface area contributed by atoms with Crippen LogP contribution >= 0.6 is 0 Å². The van der Waals surface area contributed by atoms with Crippen molar-refractivity contribution in [3.8, 4) is 5.88 Å². The summed E-state index contributed by atoms with van der Waals surface area (Å²) in [6.45, 7) is 1.56. The summed E-state index contributed by atoms with van der Waals surface area (Å²) in [6.07, 6.45) is 6.44. The lowest BCUT2D eigenvalue weighted by Gasteiger charge is -2.32. The van der Waals surface area contributed by atoms with Crippen LogP contribution in [0, 0.1) is 0 Å². The molecule has 1 aliphatic rings. The SMILES string of the molecule is COc1cc(NC2CCN(c3ncc[nH]c3=O)CC2)ncn1. The fourth-order valence-electron chi connectivity index (χ4n) is 2.54. The van der Waals surface area contributed by atoms with Crippen molar-refractivity contribution in [2.24, 2.45) is 0 Å². The molecule has 0 amide bonds. The van der Waals surface area contributed by atoms with Crippen LogP contribution in [0.25, 0.3) is 0 Å². The largest absolute Gasteiger partial charge is 0.481 e. The lowest BCUT2D eigenvalue weighted by atomic mass is 10.1. The van der Waals surface area contributed by atoms with Gasteiger partial charge in [0.15, 0.2) is 5.82 Å². The average Bonchev–Trinajstić information content (AvgIpc) is 2.56. The van der Waals surface area contributed by atoms with E-state index in [0.717, 1.165) is 31.7 Å². The minimum atomic E-state index is -0.144. The molecule has 0 atom stereocenters. The van der Waals surface area contributed by atoms with E-state index in [1.807, 2.05) is 4.90 Å². The van der Waals surface area contributed by atoms with Crippen LogP contribution in [-0.2, 0) is 0 Å². The van der Waals surface area contributed by atoms with E-state index in [4.69, 9.17) is 4.74 Å². The van der Waals surface area contributed by atoms with Crippen molar-refractivity contribution in [3.05, 3.63) is 35.1 Å². The van der Waals surface area contributed by atoms with Gasteiger partial charge in [0, 0.05) is 37.6 Å². The van der Waals surface area contributed by atoms with Gasteiger partial charge in [-0.1, -0.05) is 0 Å². The molecule has 2 aromatic rings. The van der Waals surface area contributed by atoms with Gasteiger partial charge in [0.25, 0.3) is 5.56 Å². The van der Waals surface area contributed by atoms with Crippen LogP contribution in [0.15, 0.2) is 29.6 Å². The Hall–Kier alpha value is -2.64. The molecule has 8 nitrogen and oxygen atoms in total. The van der Waals surface area contributed by atoms with Crippen molar-refractivity contribution in [3.63, 3.8) is 0 Å². The Bertz CT molecular complexity index is 681. The first-order valence-corrected chi connectivity index (χ1v) is 7.17. The molecule has 1 saturated heterocycles. The fourth-order valence-corrected chi connectivity index (χ4v) is 2.54. The first kappa shape index (κ1) is 14.3. The summed E-state index contributed by atoms with van der Waals surface area (Å²) in [5.74, 6) is 1.78. The lowest BCUT2D eigenvalue weighted by molar-refractivity contribution is 0.397. The molecule has 1 aliphatic heterocycles. The molecular weight excluding hydrogens is 284 g/mol. The first-order chi connectivity index (χ1) is 10.8. The number of aromatic amines is 1. The summed E-state index contributed by atoms with van der Waals surface area (Å²) in [6, 6.07) is 2.08. The predicted molar refractivity (Wildman–Crippen MR) is 82.3 cm³/mol. The smallest absolute Gasteiger partial charge is 0.290 e. The Morgan fingerprint density at radius 3 is 2.86 bits per heavy atom. The van der Waals surface area contributed by atoms with E-state index in [9.17, 15) is 4.79 Å². The van der Waals surface area contributed by atoms with Crippen LogP contribution in [0.5, 0.6) is 5.88 Å². The van der Waals surface area contributed by atoms with E-state index in [-0.39, 0.29) is 5.56 Å². The molecule has 0 saturated carbocycles. The highest BCUT2D eigenvalue weighted by molar-refractivity contribution is 5.40. The molecule has 3 rings (SSSR count). The van der Waals surface area contributed by atoms with Crippen LogP contribution in [0.3, 0.4) is 0 Å². The highest BCUT2D eigenvalue weighted by Crippen LogP contribution is 2.18. The van der Waals surface area contributed by atoms with Gasteiger partial charge in [-0.2, -0.15) is 0 Å². The van der Waals surface area contributed by atoms with E-state index in [2.05, 4.69) is 25.3 Å². The number of piperidine rings is 1. The third-order valence-electron chi connectivity index (χ3n) is 3.69. The monoisotopic (exact) mass is 302 g/mol. The van der Waals surface area contributed by atoms with Crippen LogP contribution in [0.4, 0.5) is 11.6 Å². The van der Waals surface area contributed by atoms with Gasteiger partial charge >= 0.3 is 0 Å². The number of rotatable bonds is 4. The van der Waals surface area contributed by atoms with Gasteiger partial charge in [-0.3, -0.25) is 4.79 Å². The molecule has 22 heavy (non-hydrogen) atoms. The molecule has 2 aromatic heterocycles. The summed E-state index contributed by atoms with van der Waals surface area (Å²) in [5.41, 5.74) is -0.144. The number of hydrogen-bond donors (Lipinski definition) is 2. The van der Waals surface area contributed by atoms with Crippen molar-refractivity contribution in [2.75, 3.05) is 30.4 Å². The van der Waals surface area contributed by atoms with Crippen molar-refractivity contribution in [1.29, 1.82) is 0 Å². The maximum atomic E-state index is 11.8. The van der Waals surface area contributed by atoms with Crippen LogP contribution in [0.1, 0.15) is 12.8 Å². The minimum Gasteiger partial charge on any atom is -0.481 e. The average molecular weight is 302 g/mol. The van der Waals surface area contributed by atoms with Crippen molar-refractivity contribution in [2.45, 2.75) is 18.9 Å². The number of nitrogens with one attached hydrogen (secondary N) is 2. The number of anilines is 2. The summed E-state index contributed by atoms with van der Waals surface area (Å²) in [5, 5.41) is 3.38. The minimum absolute atomic E-state index is 0.144. The van der Waals surface area contributed by atoms with Crippen LogP contribution in [-0.4, -0.2) is 46.2 Å². The van der Waals surface area contributed by atoms with E-state index in [1.54, 1.807) is 25.6 Å². The standard InChI is InChI=1S/C14H18N6O2/c1-22-12-8-11(17-9-18-12)19-10-2-6-20(7-3-10)13-14(21)16-5-4-15-13/h4-5,8-10H,2-3,6-7H2,1H3,(H,16,21)(H,17,18,19). The molecule has 0 radical (unpaired) electrons. The second-order valence-electron chi connectivity index (χ2n) is 5.09. The zero-order valence-electron chi connectivity index (χ0n) is 12.3. The molecule has 116 valence electrons. The van der Waals surface area contributed by atoms with Gasteiger partial charge < -0.3 is 19.9 Å². The first-order valence-electron chi connectivity index (χ1n) is 7.17. The second-order valence-corrected chi connectivity index (χ2v) is 5.09. The molecule has 1 fully saturated rings. The van der Waals surface area contributed by atoms with E-state index >= 15 is 0 Å². The Balaban J connectivity index is 1.60. The van der Waals surface area contributed by atoms with E-state index in [0.29, 0.717) is 17.7 Å². The molecule has 0 aliphatic carbocycles. The Kier molecular flexibility index (Phi) is 4.17. The highest BCUT2D eigenvalue weighted by atomic mass is 16.5. The number of hydrogen-bond acceptors (Lipinski definition) is 7. The van der Waals surface area contributed by atoms with Gasteiger partial charge in [-0.05, 0) is 12.8 Å². The van der Waals surface area contributed by atoms with Crippen molar-refractivity contribution in [1.82, 2.24) is 19.9 Å². The third-order valence-corrected chi connectivity index (χ3v) is 3.69. The predicted octanol–water partition coefficient (Wildman–Crippen LogP) is 0.649. The molecule has 0 spiro atoms. The summed E-state index contributed by atoms with van der Waals surface area (Å²) in [7, 11) is 1.58. The van der Waals surface area contributed by atoms with E-state index in [1.165, 1.54) is 6.33 Å². The van der Waals surface area contributed by atoms with Gasteiger partial charge in [0.2, 0.25) is 5.88 Å². The van der Waals surface area contributed by atoms with Gasteiger partial charge in [-0.15, -0.1) is 0 Å². The Labute approximate surface area is 127 Å². The quantitative estimate of drug-likeness (QED) is 0.856. The summed E-state index contributed by atoms with van der Waals surface area (Å²) >= 11 is 0. The van der Waals surface area contributed by atoms with E-state index < -0.39 is 0 Å². The molecule has 0 bridgehead atoms. The van der Waals surface area contributed by atoms with Crippen molar-refractivity contribution < 1.29 is 4.74 Å². The second kappa shape index (κ2) is 6.42. The third kappa shape index (κ3) is 3.16. The van der Waals surface area contributed by atoms with Gasteiger partial charge in [0.1, 0.15) is 12.1 Å². The molecule has 3 heterocycles. The molecule has 0 aromatic carbocycles. The number of methoxy groups -OCH3 is 1. The zero-order chi connectivity index (χ0) is 15.4.